The van der Waals surface area contributed by atoms with Crippen molar-refractivity contribution in [3.05, 3.63) is 77.3 Å². The minimum absolute atomic E-state index is 0.0852. The van der Waals surface area contributed by atoms with Crippen LogP contribution in [0, 0.1) is 6.92 Å². The van der Waals surface area contributed by atoms with E-state index in [1.54, 1.807) is 73.8 Å². The number of hydrogen-bond acceptors (Lipinski definition) is 6. The highest BCUT2D eigenvalue weighted by atomic mass is 35.5. The van der Waals surface area contributed by atoms with E-state index < -0.39 is 18.5 Å². The maximum atomic E-state index is 12.1. The summed E-state index contributed by atoms with van der Waals surface area (Å²) in [6.45, 7) is 1.39. The van der Waals surface area contributed by atoms with E-state index in [1.165, 1.54) is 0 Å². The molecule has 0 saturated carbocycles. The topological polar surface area (TPSA) is 103 Å². The third-order valence-corrected chi connectivity index (χ3v) is 5.22. The standard InChI is InChI=1S/C26H25ClN2O6/c1-17-3-4-19(15-23(17)27)29-25(31)16-34-26(32)14-13-24(30)28-18-5-7-21(8-6-18)35-22-11-9-20(33-2)10-12-22/h3-12,15H,13-14,16H2,1-2H3,(H,28,30)(H,29,31). The van der Waals surface area contributed by atoms with Crippen LogP contribution in [0.4, 0.5) is 11.4 Å². The molecule has 3 rings (SSSR count). The zero-order valence-corrected chi connectivity index (χ0v) is 20.1. The van der Waals surface area contributed by atoms with E-state index in [-0.39, 0.29) is 18.7 Å². The molecule has 0 aromatic heterocycles. The van der Waals surface area contributed by atoms with E-state index >= 15 is 0 Å². The molecule has 0 fully saturated rings. The van der Waals surface area contributed by atoms with E-state index in [1.807, 2.05) is 6.92 Å². The molecule has 182 valence electrons. The van der Waals surface area contributed by atoms with Gasteiger partial charge in [-0.1, -0.05) is 17.7 Å². The number of nitrogens with one attached hydrogen (secondary N) is 2. The summed E-state index contributed by atoms with van der Waals surface area (Å²) in [5.41, 5.74) is 1.94. The highest BCUT2D eigenvalue weighted by Crippen LogP contribution is 2.25. The lowest BCUT2D eigenvalue weighted by molar-refractivity contribution is -0.147. The van der Waals surface area contributed by atoms with Crippen LogP contribution in [0.3, 0.4) is 0 Å². The van der Waals surface area contributed by atoms with Crippen molar-refractivity contribution in [1.29, 1.82) is 0 Å². The number of carbonyl (C=O) groups excluding carboxylic acids is 3. The van der Waals surface area contributed by atoms with E-state index in [9.17, 15) is 14.4 Å². The molecular formula is C26H25ClN2O6. The number of methoxy groups -OCH3 is 1. The molecule has 0 heterocycles. The number of esters is 1. The lowest BCUT2D eigenvalue weighted by Crippen LogP contribution is -2.21. The Balaban J connectivity index is 1.36. The van der Waals surface area contributed by atoms with Gasteiger partial charge in [-0.05, 0) is 73.2 Å². The number of amides is 2. The van der Waals surface area contributed by atoms with Gasteiger partial charge in [-0.2, -0.15) is 0 Å². The summed E-state index contributed by atoms with van der Waals surface area (Å²) in [6, 6.07) is 19.1. The molecule has 2 N–H and O–H groups in total. The second-order valence-corrected chi connectivity index (χ2v) is 7.93. The normalized spacial score (nSPS) is 10.3. The summed E-state index contributed by atoms with van der Waals surface area (Å²) in [5.74, 6) is 0.472. The summed E-state index contributed by atoms with van der Waals surface area (Å²) in [4.78, 5) is 36.0. The largest absolute Gasteiger partial charge is 0.497 e. The zero-order valence-electron chi connectivity index (χ0n) is 19.3. The zero-order chi connectivity index (χ0) is 25.2. The first-order chi connectivity index (χ1) is 16.8. The van der Waals surface area contributed by atoms with Crippen molar-refractivity contribution in [1.82, 2.24) is 0 Å². The molecule has 0 aliphatic heterocycles. The lowest BCUT2D eigenvalue weighted by Gasteiger charge is -2.09. The lowest BCUT2D eigenvalue weighted by atomic mass is 10.2. The summed E-state index contributed by atoms with van der Waals surface area (Å²) in [6.07, 6.45) is -0.244. The Morgan fingerprint density at radius 3 is 1.97 bits per heavy atom. The van der Waals surface area contributed by atoms with Crippen LogP contribution in [0.2, 0.25) is 5.02 Å². The molecule has 0 atom stereocenters. The van der Waals surface area contributed by atoms with Crippen LogP contribution >= 0.6 is 11.6 Å². The van der Waals surface area contributed by atoms with Gasteiger partial charge >= 0.3 is 5.97 Å². The minimum Gasteiger partial charge on any atom is -0.497 e. The second kappa shape index (κ2) is 12.4. The average molecular weight is 497 g/mol. The van der Waals surface area contributed by atoms with Crippen LogP contribution in [0.25, 0.3) is 0 Å². The number of hydrogen-bond donors (Lipinski definition) is 2. The van der Waals surface area contributed by atoms with Crippen molar-refractivity contribution in [2.75, 3.05) is 24.4 Å². The van der Waals surface area contributed by atoms with Crippen molar-refractivity contribution >= 4 is 40.8 Å². The second-order valence-electron chi connectivity index (χ2n) is 7.52. The molecule has 0 radical (unpaired) electrons. The van der Waals surface area contributed by atoms with Gasteiger partial charge in [0.15, 0.2) is 6.61 Å². The predicted octanol–water partition coefficient (Wildman–Crippen LogP) is 5.35. The highest BCUT2D eigenvalue weighted by Gasteiger charge is 2.11. The number of benzene rings is 3. The van der Waals surface area contributed by atoms with Crippen LogP contribution in [0.15, 0.2) is 66.7 Å². The average Bonchev–Trinajstić information content (AvgIpc) is 2.85. The first kappa shape index (κ1) is 25.6. The Hall–Kier alpha value is -4.04. The number of anilines is 2. The molecule has 0 unspecified atom stereocenters. The van der Waals surface area contributed by atoms with Crippen LogP contribution in [0.1, 0.15) is 18.4 Å². The maximum absolute atomic E-state index is 12.1. The number of halogens is 1. The fourth-order valence-electron chi connectivity index (χ4n) is 2.91. The molecule has 9 heteroatoms. The molecule has 3 aromatic carbocycles. The number of aryl methyl sites for hydroxylation is 1. The quantitative estimate of drug-likeness (QED) is 0.367. The van der Waals surface area contributed by atoms with Gasteiger partial charge in [0.2, 0.25) is 5.91 Å². The van der Waals surface area contributed by atoms with Gasteiger partial charge < -0.3 is 24.8 Å². The molecule has 2 amide bonds. The summed E-state index contributed by atoms with van der Waals surface area (Å²) in [7, 11) is 1.59. The number of ether oxygens (including phenoxy) is 3. The summed E-state index contributed by atoms with van der Waals surface area (Å²) < 4.78 is 15.8. The van der Waals surface area contributed by atoms with Gasteiger partial charge in [-0.15, -0.1) is 0 Å². The van der Waals surface area contributed by atoms with Crippen LogP contribution in [0.5, 0.6) is 17.2 Å². The van der Waals surface area contributed by atoms with Gasteiger partial charge in [-0.25, -0.2) is 0 Å². The third-order valence-electron chi connectivity index (χ3n) is 4.81. The predicted molar refractivity (Wildman–Crippen MR) is 133 cm³/mol. The Kier molecular flexibility index (Phi) is 9.09. The first-order valence-electron chi connectivity index (χ1n) is 10.8. The summed E-state index contributed by atoms with van der Waals surface area (Å²) >= 11 is 6.02. The smallest absolute Gasteiger partial charge is 0.306 e. The van der Waals surface area contributed by atoms with Crippen molar-refractivity contribution in [3.63, 3.8) is 0 Å². The summed E-state index contributed by atoms with van der Waals surface area (Å²) in [5, 5.41) is 5.81. The van der Waals surface area contributed by atoms with Crippen molar-refractivity contribution in [2.24, 2.45) is 0 Å². The first-order valence-corrected chi connectivity index (χ1v) is 11.1. The maximum Gasteiger partial charge on any atom is 0.306 e. The molecule has 3 aromatic rings. The van der Waals surface area contributed by atoms with Crippen LogP contribution in [-0.4, -0.2) is 31.5 Å². The molecule has 35 heavy (non-hydrogen) atoms. The molecule has 0 saturated heterocycles. The SMILES string of the molecule is COc1ccc(Oc2ccc(NC(=O)CCC(=O)OCC(=O)Nc3ccc(C)c(Cl)c3)cc2)cc1. The van der Waals surface area contributed by atoms with Crippen LogP contribution in [-0.2, 0) is 19.1 Å². The fraction of sp³-hybridized carbons (Fsp3) is 0.192. The monoisotopic (exact) mass is 496 g/mol. The van der Waals surface area contributed by atoms with Gasteiger partial charge in [0, 0.05) is 22.8 Å². The molecule has 8 nitrogen and oxygen atoms in total. The van der Waals surface area contributed by atoms with Crippen molar-refractivity contribution in [2.45, 2.75) is 19.8 Å². The van der Waals surface area contributed by atoms with E-state index in [0.717, 1.165) is 11.3 Å². The van der Waals surface area contributed by atoms with Gasteiger partial charge in [0.1, 0.15) is 17.2 Å². The minimum atomic E-state index is -0.652. The van der Waals surface area contributed by atoms with E-state index in [4.69, 9.17) is 25.8 Å². The Morgan fingerprint density at radius 2 is 1.34 bits per heavy atom. The van der Waals surface area contributed by atoms with Gasteiger partial charge in [-0.3, -0.25) is 14.4 Å². The van der Waals surface area contributed by atoms with Crippen LogP contribution < -0.4 is 20.1 Å². The Bertz CT molecular complexity index is 1180. The van der Waals surface area contributed by atoms with Gasteiger partial charge in [0.25, 0.3) is 5.91 Å². The van der Waals surface area contributed by atoms with E-state index in [2.05, 4.69) is 10.6 Å². The number of carbonyl (C=O) groups is 3. The molecule has 0 spiro atoms. The molecule has 0 aliphatic rings. The highest BCUT2D eigenvalue weighted by molar-refractivity contribution is 6.31. The van der Waals surface area contributed by atoms with Crippen molar-refractivity contribution < 1.29 is 28.6 Å². The fourth-order valence-corrected chi connectivity index (χ4v) is 3.09. The Morgan fingerprint density at radius 1 is 0.771 bits per heavy atom. The van der Waals surface area contributed by atoms with E-state index in [0.29, 0.717) is 27.9 Å². The number of rotatable bonds is 10. The third kappa shape index (κ3) is 8.35. The van der Waals surface area contributed by atoms with Gasteiger partial charge in [0.05, 0.1) is 13.5 Å². The van der Waals surface area contributed by atoms with Crippen molar-refractivity contribution in [3.8, 4) is 17.2 Å². The molecular weight excluding hydrogens is 472 g/mol. The molecule has 0 bridgehead atoms. The molecule has 0 aliphatic carbocycles. The Labute approximate surface area is 208 Å².